The number of nitrogens with zero attached hydrogens (tertiary/aromatic N) is 2. The first kappa shape index (κ1) is 12.6. The van der Waals surface area contributed by atoms with Crippen LogP contribution in [0, 0.1) is 10.1 Å². The second-order valence-electron chi connectivity index (χ2n) is 3.25. The van der Waals surface area contributed by atoms with Crippen LogP contribution in [0.3, 0.4) is 0 Å². The van der Waals surface area contributed by atoms with Crippen molar-refractivity contribution in [2.24, 2.45) is 0 Å². The topological polar surface area (TPSA) is 65.3 Å². The van der Waals surface area contributed by atoms with Gasteiger partial charge in [0.1, 0.15) is 10.9 Å². The van der Waals surface area contributed by atoms with Crippen molar-refractivity contribution in [1.29, 1.82) is 0 Å². The maximum Gasteiger partial charge on any atom is 0.331 e. The van der Waals surface area contributed by atoms with E-state index in [1.165, 1.54) is 12.1 Å². The highest BCUT2D eigenvalue weighted by molar-refractivity contribution is 6.32. The SMILES string of the molecule is O=[N+]([O-])c1ccc(Cl)nc1Oc1ccccc1Cl. The van der Waals surface area contributed by atoms with Gasteiger partial charge < -0.3 is 4.74 Å². The molecular weight excluding hydrogens is 279 g/mol. The number of rotatable bonds is 3. The number of aromatic nitrogens is 1. The maximum atomic E-state index is 10.8. The molecule has 5 nitrogen and oxygen atoms in total. The smallest absolute Gasteiger partial charge is 0.331 e. The van der Waals surface area contributed by atoms with Gasteiger partial charge in [0.2, 0.25) is 0 Å². The number of pyridine rings is 1. The van der Waals surface area contributed by atoms with Gasteiger partial charge in [-0.15, -0.1) is 0 Å². The molecule has 0 aliphatic rings. The lowest BCUT2D eigenvalue weighted by molar-refractivity contribution is -0.386. The molecular formula is C11H6Cl2N2O3. The fraction of sp³-hybridized carbons (Fsp3) is 0. The molecule has 1 aromatic carbocycles. The zero-order valence-electron chi connectivity index (χ0n) is 8.84. The Hall–Kier alpha value is -1.85. The van der Waals surface area contributed by atoms with Gasteiger partial charge in [0, 0.05) is 6.07 Å². The maximum absolute atomic E-state index is 10.8. The average Bonchev–Trinajstić information content (AvgIpc) is 2.32. The number of hydrogen-bond donors (Lipinski definition) is 0. The lowest BCUT2D eigenvalue weighted by atomic mass is 10.3. The highest BCUT2D eigenvalue weighted by Gasteiger charge is 2.18. The molecule has 0 N–H and O–H groups in total. The van der Waals surface area contributed by atoms with E-state index in [1.807, 2.05) is 0 Å². The Kier molecular flexibility index (Phi) is 3.64. The predicted molar refractivity (Wildman–Crippen MR) is 67.4 cm³/mol. The summed E-state index contributed by atoms with van der Waals surface area (Å²) in [6, 6.07) is 9.13. The molecule has 0 bridgehead atoms. The first-order chi connectivity index (χ1) is 8.58. The standard InChI is InChI=1S/C11H6Cl2N2O3/c12-7-3-1-2-4-9(7)18-11-8(15(16)17)5-6-10(13)14-11/h1-6H. The molecule has 0 saturated carbocycles. The van der Waals surface area contributed by atoms with Crippen LogP contribution in [0.15, 0.2) is 36.4 Å². The van der Waals surface area contributed by atoms with Gasteiger partial charge in [-0.3, -0.25) is 10.1 Å². The van der Waals surface area contributed by atoms with Gasteiger partial charge in [0.05, 0.1) is 9.95 Å². The third kappa shape index (κ3) is 2.69. The molecule has 0 amide bonds. The normalized spacial score (nSPS) is 10.1. The van der Waals surface area contributed by atoms with Gasteiger partial charge in [0.15, 0.2) is 0 Å². The number of nitro groups is 1. The van der Waals surface area contributed by atoms with Gasteiger partial charge >= 0.3 is 11.6 Å². The third-order valence-electron chi connectivity index (χ3n) is 2.05. The third-order valence-corrected chi connectivity index (χ3v) is 2.57. The Balaban J connectivity index is 2.42. The highest BCUT2D eigenvalue weighted by atomic mass is 35.5. The Morgan fingerprint density at radius 3 is 2.56 bits per heavy atom. The van der Waals surface area contributed by atoms with E-state index in [9.17, 15) is 10.1 Å². The van der Waals surface area contributed by atoms with E-state index in [0.717, 1.165) is 0 Å². The summed E-state index contributed by atoms with van der Waals surface area (Å²) in [5, 5.41) is 11.2. The minimum atomic E-state index is -0.602. The van der Waals surface area contributed by atoms with E-state index >= 15 is 0 Å². The van der Waals surface area contributed by atoms with E-state index in [4.69, 9.17) is 27.9 Å². The lowest BCUT2D eigenvalue weighted by Gasteiger charge is -2.06. The highest BCUT2D eigenvalue weighted by Crippen LogP contribution is 2.33. The number of para-hydroxylation sites is 1. The molecule has 2 rings (SSSR count). The summed E-state index contributed by atoms with van der Waals surface area (Å²) >= 11 is 11.6. The molecule has 18 heavy (non-hydrogen) atoms. The van der Waals surface area contributed by atoms with Crippen molar-refractivity contribution in [2.45, 2.75) is 0 Å². The summed E-state index contributed by atoms with van der Waals surface area (Å²) in [6.45, 7) is 0. The van der Waals surface area contributed by atoms with Crippen LogP contribution >= 0.6 is 23.2 Å². The Labute approximate surface area is 112 Å². The predicted octanol–water partition coefficient (Wildman–Crippen LogP) is 4.09. The Morgan fingerprint density at radius 2 is 1.89 bits per heavy atom. The number of ether oxygens (including phenoxy) is 1. The van der Waals surface area contributed by atoms with E-state index in [-0.39, 0.29) is 22.5 Å². The molecule has 0 aliphatic carbocycles. The quantitative estimate of drug-likeness (QED) is 0.484. The fourth-order valence-corrected chi connectivity index (χ4v) is 1.57. The van der Waals surface area contributed by atoms with Crippen molar-refractivity contribution in [3.63, 3.8) is 0 Å². The van der Waals surface area contributed by atoms with Crippen LogP contribution in [-0.2, 0) is 0 Å². The van der Waals surface area contributed by atoms with E-state index in [1.54, 1.807) is 24.3 Å². The van der Waals surface area contributed by atoms with Crippen LogP contribution in [0.2, 0.25) is 10.2 Å². The molecule has 0 aliphatic heterocycles. The summed E-state index contributed by atoms with van der Waals surface area (Å²) in [5.74, 6) is 0.0811. The number of hydrogen-bond acceptors (Lipinski definition) is 4. The van der Waals surface area contributed by atoms with Crippen molar-refractivity contribution < 1.29 is 9.66 Å². The Bertz CT molecular complexity index is 605. The second kappa shape index (κ2) is 5.20. The molecule has 1 heterocycles. The molecule has 92 valence electrons. The van der Waals surface area contributed by atoms with Crippen LogP contribution < -0.4 is 4.74 Å². The van der Waals surface area contributed by atoms with Crippen molar-refractivity contribution >= 4 is 28.9 Å². The molecule has 7 heteroatoms. The van der Waals surface area contributed by atoms with Gasteiger partial charge in [-0.2, -0.15) is 4.98 Å². The molecule has 0 fully saturated rings. The summed E-state index contributed by atoms with van der Waals surface area (Å²) in [7, 11) is 0. The lowest BCUT2D eigenvalue weighted by Crippen LogP contribution is -1.96. The molecule has 0 unspecified atom stereocenters. The summed E-state index contributed by atoms with van der Waals surface area (Å²) in [6.07, 6.45) is 0. The fourth-order valence-electron chi connectivity index (χ4n) is 1.26. The molecule has 1 aromatic heterocycles. The average molecular weight is 285 g/mol. The van der Waals surface area contributed by atoms with E-state index in [2.05, 4.69) is 4.98 Å². The van der Waals surface area contributed by atoms with Gasteiger partial charge in [-0.05, 0) is 18.2 Å². The summed E-state index contributed by atoms with van der Waals surface area (Å²) in [5.41, 5.74) is -0.278. The van der Waals surface area contributed by atoms with Crippen molar-refractivity contribution in [1.82, 2.24) is 4.98 Å². The number of halogens is 2. The van der Waals surface area contributed by atoms with E-state index < -0.39 is 4.92 Å². The van der Waals surface area contributed by atoms with Crippen LogP contribution in [0.1, 0.15) is 0 Å². The molecule has 2 aromatic rings. The summed E-state index contributed by atoms with van der Waals surface area (Å²) < 4.78 is 5.31. The second-order valence-corrected chi connectivity index (χ2v) is 4.04. The number of benzene rings is 1. The van der Waals surface area contributed by atoms with Crippen LogP contribution in [-0.4, -0.2) is 9.91 Å². The molecule has 0 radical (unpaired) electrons. The minimum Gasteiger partial charge on any atom is -0.432 e. The first-order valence-electron chi connectivity index (χ1n) is 4.81. The van der Waals surface area contributed by atoms with Gasteiger partial charge in [-0.1, -0.05) is 35.3 Å². The van der Waals surface area contributed by atoms with Crippen LogP contribution in [0.25, 0.3) is 0 Å². The van der Waals surface area contributed by atoms with Gasteiger partial charge in [0.25, 0.3) is 0 Å². The Morgan fingerprint density at radius 1 is 1.17 bits per heavy atom. The first-order valence-corrected chi connectivity index (χ1v) is 5.57. The molecule has 0 atom stereocenters. The van der Waals surface area contributed by atoms with E-state index in [0.29, 0.717) is 5.02 Å². The van der Waals surface area contributed by atoms with Gasteiger partial charge in [-0.25, -0.2) is 0 Å². The largest absolute Gasteiger partial charge is 0.432 e. The zero-order chi connectivity index (χ0) is 13.1. The van der Waals surface area contributed by atoms with Crippen molar-refractivity contribution in [2.75, 3.05) is 0 Å². The van der Waals surface area contributed by atoms with Crippen molar-refractivity contribution in [3.8, 4) is 11.6 Å². The zero-order valence-corrected chi connectivity index (χ0v) is 10.4. The van der Waals surface area contributed by atoms with Crippen molar-refractivity contribution in [3.05, 3.63) is 56.7 Å². The van der Waals surface area contributed by atoms with Crippen LogP contribution in [0.4, 0.5) is 5.69 Å². The summed E-state index contributed by atoms with van der Waals surface area (Å²) in [4.78, 5) is 14.0. The minimum absolute atomic E-state index is 0.0997. The molecule has 0 spiro atoms. The van der Waals surface area contributed by atoms with Crippen LogP contribution in [0.5, 0.6) is 11.6 Å². The monoisotopic (exact) mass is 284 g/mol. The molecule has 0 saturated heterocycles.